The third kappa shape index (κ3) is 3.00. The third-order valence-electron chi connectivity index (χ3n) is 3.22. The predicted octanol–water partition coefficient (Wildman–Crippen LogP) is 2.38. The van der Waals surface area contributed by atoms with E-state index in [-0.39, 0.29) is 11.4 Å². The zero-order chi connectivity index (χ0) is 12.4. The number of hydrogen-bond donors (Lipinski definition) is 1. The Hall–Kier alpha value is -0.580. The fraction of sp³-hybridized carbons (Fsp3) is 0.636. The summed E-state index contributed by atoms with van der Waals surface area (Å²) in [6.07, 6.45) is 3.15. The lowest BCUT2D eigenvalue weighted by atomic mass is 9.92. The number of rotatable bonds is 2. The van der Waals surface area contributed by atoms with Crippen molar-refractivity contribution in [3.8, 4) is 0 Å². The molecule has 2 heterocycles. The minimum Gasteiger partial charge on any atom is -0.393 e. The lowest BCUT2D eigenvalue weighted by molar-refractivity contribution is 0.110. The first-order chi connectivity index (χ1) is 8.08. The number of piperidine rings is 1. The van der Waals surface area contributed by atoms with Gasteiger partial charge in [-0.3, -0.25) is 0 Å². The summed E-state index contributed by atoms with van der Waals surface area (Å²) in [6.45, 7) is 3.51. The highest BCUT2D eigenvalue weighted by Crippen LogP contribution is 2.29. The number of aliphatic hydroxyl groups excluding tert-OH is 1. The molecule has 0 aliphatic carbocycles. The molecule has 1 aromatic heterocycles. The second kappa shape index (κ2) is 5.38. The highest BCUT2D eigenvalue weighted by molar-refractivity contribution is 6.33. The number of aromatic nitrogens is 2. The van der Waals surface area contributed by atoms with Gasteiger partial charge in [0.05, 0.1) is 12.3 Å². The second-order valence-electron chi connectivity index (χ2n) is 4.38. The molecule has 6 heteroatoms. The number of aliphatic hydroxyl groups is 1. The lowest BCUT2D eigenvalue weighted by Crippen LogP contribution is -2.37. The third-order valence-corrected chi connectivity index (χ3v) is 3.67. The van der Waals surface area contributed by atoms with Crippen molar-refractivity contribution in [1.82, 2.24) is 9.97 Å². The average molecular weight is 276 g/mol. The normalized spacial score (nSPS) is 19.4. The molecule has 1 fully saturated rings. The molecule has 0 aromatic carbocycles. The van der Waals surface area contributed by atoms with Crippen molar-refractivity contribution >= 4 is 29.0 Å². The van der Waals surface area contributed by atoms with Crippen LogP contribution in [0, 0.1) is 5.92 Å². The van der Waals surface area contributed by atoms with E-state index in [1.807, 2.05) is 6.92 Å². The van der Waals surface area contributed by atoms with E-state index in [1.165, 1.54) is 6.20 Å². The lowest BCUT2D eigenvalue weighted by Gasteiger charge is -2.34. The summed E-state index contributed by atoms with van der Waals surface area (Å²) in [6, 6.07) is 0. The summed E-state index contributed by atoms with van der Waals surface area (Å²) in [5.74, 6) is 1.05. The summed E-state index contributed by atoms with van der Waals surface area (Å²) >= 11 is 11.8. The van der Waals surface area contributed by atoms with Crippen LogP contribution in [0.25, 0.3) is 0 Å². The number of hydrogen-bond acceptors (Lipinski definition) is 4. The summed E-state index contributed by atoms with van der Waals surface area (Å²) < 4.78 is 0. The van der Waals surface area contributed by atoms with Crippen LogP contribution in [0.15, 0.2) is 6.20 Å². The Labute approximate surface area is 111 Å². The van der Waals surface area contributed by atoms with E-state index in [9.17, 15) is 5.11 Å². The fourth-order valence-corrected chi connectivity index (χ4v) is 2.49. The molecule has 94 valence electrons. The zero-order valence-electron chi connectivity index (χ0n) is 9.61. The minimum absolute atomic E-state index is 0.210. The maximum absolute atomic E-state index is 9.54. The minimum atomic E-state index is -0.249. The molecule has 1 aliphatic heterocycles. The highest BCUT2D eigenvalue weighted by atomic mass is 35.5. The maximum atomic E-state index is 9.54. The van der Waals surface area contributed by atoms with Gasteiger partial charge in [0.25, 0.3) is 0 Å². The molecule has 1 atom stereocenters. The monoisotopic (exact) mass is 275 g/mol. The summed E-state index contributed by atoms with van der Waals surface area (Å²) in [5.41, 5.74) is 0. The molecule has 0 amide bonds. The largest absolute Gasteiger partial charge is 0.393 e. The molecule has 17 heavy (non-hydrogen) atoms. The van der Waals surface area contributed by atoms with Crippen LogP contribution in [-0.2, 0) is 0 Å². The van der Waals surface area contributed by atoms with Gasteiger partial charge >= 0.3 is 0 Å². The van der Waals surface area contributed by atoms with Crippen LogP contribution in [0.1, 0.15) is 19.8 Å². The van der Waals surface area contributed by atoms with Gasteiger partial charge in [-0.15, -0.1) is 0 Å². The van der Waals surface area contributed by atoms with E-state index in [4.69, 9.17) is 23.2 Å². The molecule has 0 bridgehead atoms. The van der Waals surface area contributed by atoms with Crippen molar-refractivity contribution in [2.45, 2.75) is 25.9 Å². The van der Waals surface area contributed by atoms with Crippen molar-refractivity contribution in [2.75, 3.05) is 18.0 Å². The molecule has 0 saturated carbocycles. The Bertz CT molecular complexity index is 392. The van der Waals surface area contributed by atoms with Crippen molar-refractivity contribution in [3.05, 3.63) is 16.5 Å². The zero-order valence-corrected chi connectivity index (χ0v) is 11.1. The fourth-order valence-electron chi connectivity index (χ4n) is 2.15. The first kappa shape index (κ1) is 12.9. The van der Waals surface area contributed by atoms with Gasteiger partial charge in [0.2, 0.25) is 5.28 Å². The van der Waals surface area contributed by atoms with Crippen LogP contribution in [0.5, 0.6) is 0 Å². The van der Waals surface area contributed by atoms with Gasteiger partial charge in [-0.2, -0.15) is 4.98 Å². The van der Waals surface area contributed by atoms with Crippen LogP contribution in [-0.4, -0.2) is 34.3 Å². The molecule has 0 radical (unpaired) electrons. The van der Waals surface area contributed by atoms with Gasteiger partial charge in [0.1, 0.15) is 5.02 Å². The molecule has 1 aliphatic rings. The van der Waals surface area contributed by atoms with E-state index < -0.39 is 0 Å². The van der Waals surface area contributed by atoms with Crippen LogP contribution >= 0.6 is 23.2 Å². The molecular weight excluding hydrogens is 261 g/mol. The van der Waals surface area contributed by atoms with Crippen LogP contribution in [0.2, 0.25) is 10.3 Å². The highest BCUT2D eigenvalue weighted by Gasteiger charge is 2.24. The average Bonchev–Trinajstić information content (AvgIpc) is 2.32. The van der Waals surface area contributed by atoms with Gasteiger partial charge < -0.3 is 10.0 Å². The number of halogens is 2. The number of anilines is 1. The first-order valence-corrected chi connectivity index (χ1v) is 6.44. The van der Waals surface area contributed by atoms with Crippen molar-refractivity contribution in [1.29, 1.82) is 0 Å². The summed E-state index contributed by atoms with van der Waals surface area (Å²) in [5, 5.41) is 10.3. The maximum Gasteiger partial charge on any atom is 0.224 e. The van der Waals surface area contributed by atoms with Gasteiger partial charge in [0, 0.05) is 13.1 Å². The van der Waals surface area contributed by atoms with E-state index >= 15 is 0 Å². The van der Waals surface area contributed by atoms with Gasteiger partial charge in [-0.1, -0.05) is 11.6 Å². The SMILES string of the molecule is CC(O)C1CCN(c2nc(Cl)ncc2Cl)CC1. The molecular formula is C11H15Cl2N3O. The van der Waals surface area contributed by atoms with Crippen molar-refractivity contribution in [2.24, 2.45) is 5.92 Å². The molecule has 2 rings (SSSR count). The Morgan fingerprint density at radius 1 is 1.41 bits per heavy atom. The van der Waals surface area contributed by atoms with Crippen molar-refractivity contribution < 1.29 is 5.11 Å². The topological polar surface area (TPSA) is 49.2 Å². The van der Waals surface area contributed by atoms with Gasteiger partial charge in [0.15, 0.2) is 5.82 Å². The van der Waals surface area contributed by atoms with E-state index in [1.54, 1.807) is 0 Å². The molecule has 1 aromatic rings. The Morgan fingerprint density at radius 2 is 2.06 bits per heavy atom. The first-order valence-electron chi connectivity index (χ1n) is 5.69. The predicted molar refractivity (Wildman–Crippen MR) is 68.7 cm³/mol. The summed E-state index contributed by atoms with van der Waals surface area (Å²) in [7, 11) is 0. The van der Waals surface area contributed by atoms with E-state index in [0.29, 0.717) is 16.8 Å². The standard InChI is InChI=1S/C11H15Cl2N3O/c1-7(17)8-2-4-16(5-3-8)10-9(12)6-14-11(13)15-10/h6-8,17H,2-5H2,1H3. The van der Waals surface area contributed by atoms with E-state index in [0.717, 1.165) is 25.9 Å². The van der Waals surface area contributed by atoms with Gasteiger partial charge in [-0.25, -0.2) is 4.98 Å². The quantitative estimate of drug-likeness (QED) is 0.842. The molecule has 1 saturated heterocycles. The number of nitrogens with zero attached hydrogens (tertiary/aromatic N) is 3. The van der Waals surface area contributed by atoms with Crippen molar-refractivity contribution in [3.63, 3.8) is 0 Å². The van der Waals surface area contributed by atoms with E-state index in [2.05, 4.69) is 14.9 Å². The summed E-state index contributed by atoms with van der Waals surface area (Å²) in [4.78, 5) is 10.1. The van der Waals surface area contributed by atoms with Crippen LogP contribution < -0.4 is 4.90 Å². The molecule has 1 N–H and O–H groups in total. The Kier molecular flexibility index (Phi) is 4.07. The second-order valence-corrected chi connectivity index (χ2v) is 5.12. The Balaban J connectivity index is 2.07. The van der Waals surface area contributed by atoms with Crippen LogP contribution in [0.3, 0.4) is 0 Å². The Morgan fingerprint density at radius 3 is 2.65 bits per heavy atom. The van der Waals surface area contributed by atoms with Crippen LogP contribution in [0.4, 0.5) is 5.82 Å². The van der Waals surface area contributed by atoms with Gasteiger partial charge in [-0.05, 0) is 37.3 Å². The molecule has 1 unspecified atom stereocenters. The molecule has 0 spiro atoms. The molecule has 4 nitrogen and oxygen atoms in total. The smallest absolute Gasteiger partial charge is 0.224 e.